The molecule has 4 nitrogen and oxygen atoms in total. The smallest absolute Gasteiger partial charge is 0.246 e. The van der Waals surface area contributed by atoms with Crippen molar-refractivity contribution >= 4 is 5.91 Å². The van der Waals surface area contributed by atoms with E-state index in [0.29, 0.717) is 6.61 Å². The highest BCUT2D eigenvalue weighted by molar-refractivity contribution is 5.77. The predicted molar refractivity (Wildman–Crippen MR) is 65.5 cm³/mol. The molecule has 1 heterocycles. The van der Waals surface area contributed by atoms with Crippen molar-refractivity contribution in [1.82, 2.24) is 10.6 Å². The summed E-state index contributed by atoms with van der Waals surface area (Å²) >= 11 is 0. The van der Waals surface area contributed by atoms with Crippen LogP contribution in [-0.2, 0) is 16.1 Å². The number of carbonyl (C=O) groups excluding carboxylic acids is 1. The van der Waals surface area contributed by atoms with Crippen LogP contribution in [0.3, 0.4) is 0 Å². The van der Waals surface area contributed by atoms with Crippen LogP contribution in [0.2, 0.25) is 0 Å². The molecule has 0 aliphatic carbocycles. The van der Waals surface area contributed by atoms with E-state index in [4.69, 9.17) is 4.74 Å². The Morgan fingerprint density at radius 3 is 2.94 bits per heavy atom. The van der Waals surface area contributed by atoms with Crippen molar-refractivity contribution in [2.75, 3.05) is 19.7 Å². The van der Waals surface area contributed by atoms with Crippen molar-refractivity contribution in [3.63, 3.8) is 0 Å². The van der Waals surface area contributed by atoms with Crippen molar-refractivity contribution in [1.29, 1.82) is 0 Å². The van der Waals surface area contributed by atoms with Gasteiger partial charge < -0.3 is 15.4 Å². The minimum atomic E-state index is -0.0327. The quantitative estimate of drug-likeness (QED) is 0.787. The van der Waals surface area contributed by atoms with E-state index in [2.05, 4.69) is 10.6 Å². The minimum absolute atomic E-state index is 0.0327. The van der Waals surface area contributed by atoms with Gasteiger partial charge in [-0.2, -0.15) is 0 Å². The molecule has 1 saturated heterocycles. The molecule has 1 aliphatic heterocycles. The molecule has 1 amide bonds. The number of ether oxygens (including phenoxy) is 1. The summed E-state index contributed by atoms with van der Waals surface area (Å²) in [6.07, 6.45) is 1.00. The number of carbonyl (C=O) groups is 1. The lowest BCUT2D eigenvalue weighted by molar-refractivity contribution is -0.126. The van der Waals surface area contributed by atoms with Crippen LogP contribution >= 0.6 is 0 Å². The van der Waals surface area contributed by atoms with Gasteiger partial charge in [0, 0.05) is 12.6 Å². The van der Waals surface area contributed by atoms with Crippen LogP contribution in [0.15, 0.2) is 30.3 Å². The van der Waals surface area contributed by atoms with Gasteiger partial charge >= 0.3 is 0 Å². The highest BCUT2D eigenvalue weighted by Crippen LogP contribution is 2.00. The summed E-state index contributed by atoms with van der Waals surface area (Å²) in [6.45, 7) is 2.46. The molecular weight excluding hydrogens is 216 g/mol. The van der Waals surface area contributed by atoms with E-state index < -0.39 is 0 Å². The normalized spacial score (nSPS) is 19.2. The largest absolute Gasteiger partial charge is 0.367 e. The van der Waals surface area contributed by atoms with E-state index in [1.54, 1.807) is 0 Å². The van der Waals surface area contributed by atoms with Crippen LogP contribution in [0.5, 0.6) is 0 Å². The van der Waals surface area contributed by atoms with E-state index in [-0.39, 0.29) is 18.6 Å². The molecule has 0 spiro atoms. The summed E-state index contributed by atoms with van der Waals surface area (Å²) in [6, 6.07) is 10.1. The van der Waals surface area contributed by atoms with E-state index in [9.17, 15) is 4.79 Å². The summed E-state index contributed by atoms with van der Waals surface area (Å²) in [4.78, 5) is 11.5. The standard InChI is InChI=1S/C13H18N2O2/c16-13(15-12-6-7-14-8-12)10-17-9-11-4-2-1-3-5-11/h1-5,12,14H,6-10H2,(H,15,16). The molecule has 2 rings (SSSR count). The Labute approximate surface area is 101 Å². The van der Waals surface area contributed by atoms with Gasteiger partial charge in [-0.25, -0.2) is 0 Å². The molecule has 1 aromatic carbocycles. The summed E-state index contributed by atoms with van der Waals surface area (Å²) in [5.74, 6) is -0.0327. The van der Waals surface area contributed by atoms with E-state index >= 15 is 0 Å². The number of benzene rings is 1. The second-order valence-corrected chi connectivity index (χ2v) is 4.24. The van der Waals surface area contributed by atoms with Crippen molar-refractivity contribution in [3.05, 3.63) is 35.9 Å². The highest BCUT2D eigenvalue weighted by atomic mass is 16.5. The SMILES string of the molecule is O=C(COCc1ccccc1)NC1CCNC1. The number of rotatable bonds is 5. The van der Waals surface area contributed by atoms with Gasteiger partial charge in [-0.3, -0.25) is 4.79 Å². The molecule has 0 radical (unpaired) electrons. The third-order valence-electron chi connectivity index (χ3n) is 2.77. The fraction of sp³-hybridized carbons (Fsp3) is 0.462. The highest BCUT2D eigenvalue weighted by Gasteiger charge is 2.16. The van der Waals surface area contributed by atoms with E-state index in [1.165, 1.54) is 0 Å². The first kappa shape index (κ1) is 12.1. The first-order valence-corrected chi connectivity index (χ1v) is 5.96. The third-order valence-corrected chi connectivity index (χ3v) is 2.77. The maximum Gasteiger partial charge on any atom is 0.246 e. The number of hydrogen-bond donors (Lipinski definition) is 2. The lowest BCUT2D eigenvalue weighted by Crippen LogP contribution is -2.38. The molecule has 0 bridgehead atoms. The molecule has 2 N–H and O–H groups in total. The first-order chi connectivity index (χ1) is 8.34. The average Bonchev–Trinajstić information content (AvgIpc) is 2.83. The monoisotopic (exact) mass is 234 g/mol. The Hall–Kier alpha value is -1.39. The van der Waals surface area contributed by atoms with Gasteiger partial charge in [0.15, 0.2) is 0 Å². The van der Waals surface area contributed by atoms with Gasteiger partial charge in [-0.05, 0) is 18.5 Å². The molecule has 0 saturated carbocycles. The topological polar surface area (TPSA) is 50.4 Å². The van der Waals surface area contributed by atoms with Crippen LogP contribution in [0.4, 0.5) is 0 Å². The Morgan fingerprint density at radius 1 is 1.41 bits per heavy atom. The van der Waals surface area contributed by atoms with Gasteiger partial charge in [-0.1, -0.05) is 30.3 Å². The summed E-state index contributed by atoms with van der Waals surface area (Å²) in [5.41, 5.74) is 1.09. The zero-order valence-corrected chi connectivity index (χ0v) is 9.82. The molecule has 1 atom stereocenters. The first-order valence-electron chi connectivity index (χ1n) is 5.96. The fourth-order valence-electron chi connectivity index (χ4n) is 1.88. The summed E-state index contributed by atoms with van der Waals surface area (Å²) in [7, 11) is 0. The Kier molecular flexibility index (Phi) is 4.53. The third kappa shape index (κ3) is 4.17. The molecule has 92 valence electrons. The number of nitrogens with one attached hydrogen (secondary N) is 2. The number of hydrogen-bond acceptors (Lipinski definition) is 3. The average molecular weight is 234 g/mol. The zero-order chi connectivity index (χ0) is 11.9. The van der Waals surface area contributed by atoms with E-state index in [0.717, 1.165) is 25.1 Å². The molecular formula is C13H18N2O2. The molecule has 17 heavy (non-hydrogen) atoms. The second-order valence-electron chi connectivity index (χ2n) is 4.24. The molecule has 1 fully saturated rings. The van der Waals surface area contributed by atoms with E-state index in [1.807, 2.05) is 30.3 Å². The molecule has 1 aliphatic rings. The summed E-state index contributed by atoms with van der Waals surface area (Å²) in [5, 5.41) is 6.14. The predicted octanol–water partition coefficient (Wildman–Crippen LogP) is 0.681. The van der Waals surface area contributed by atoms with Gasteiger partial charge in [0.2, 0.25) is 5.91 Å². The maximum absolute atomic E-state index is 11.5. The zero-order valence-electron chi connectivity index (χ0n) is 9.82. The van der Waals surface area contributed by atoms with Crippen LogP contribution in [0.25, 0.3) is 0 Å². The molecule has 0 aromatic heterocycles. The fourth-order valence-corrected chi connectivity index (χ4v) is 1.88. The van der Waals surface area contributed by atoms with Crippen molar-refractivity contribution < 1.29 is 9.53 Å². The van der Waals surface area contributed by atoms with Crippen LogP contribution in [0.1, 0.15) is 12.0 Å². The lowest BCUT2D eigenvalue weighted by Gasteiger charge is -2.11. The van der Waals surface area contributed by atoms with Crippen LogP contribution < -0.4 is 10.6 Å². The Morgan fingerprint density at radius 2 is 2.24 bits per heavy atom. The maximum atomic E-state index is 11.5. The van der Waals surface area contributed by atoms with Crippen LogP contribution in [0, 0.1) is 0 Å². The van der Waals surface area contributed by atoms with Crippen molar-refractivity contribution in [2.24, 2.45) is 0 Å². The van der Waals surface area contributed by atoms with Crippen molar-refractivity contribution in [3.8, 4) is 0 Å². The Balaban J connectivity index is 1.63. The Bertz CT molecular complexity index is 348. The molecule has 4 heteroatoms. The van der Waals surface area contributed by atoms with Gasteiger partial charge in [-0.15, -0.1) is 0 Å². The molecule has 1 aromatic rings. The minimum Gasteiger partial charge on any atom is -0.367 e. The van der Waals surface area contributed by atoms with Gasteiger partial charge in [0.1, 0.15) is 6.61 Å². The second kappa shape index (κ2) is 6.37. The number of amides is 1. The summed E-state index contributed by atoms with van der Waals surface area (Å²) < 4.78 is 5.36. The molecule has 1 unspecified atom stereocenters. The van der Waals surface area contributed by atoms with Crippen molar-refractivity contribution in [2.45, 2.75) is 19.1 Å². The van der Waals surface area contributed by atoms with Gasteiger partial charge in [0.25, 0.3) is 0 Å². The van der Waals surface area contributed by atoms with Gasteiger partial charge in [0.05, 0.1) is 6.61 Å². The lowest BCUT2D eigenvalue weighted by atomic mass is 10.2. The van der Waals surface area contributed by atoms with Crippen LogP contribution in [-0.4, -0.2) is 31.6 Å².